The fourth-order valence-electron chi connectivity index (χ4n) is 2.71. The number of nitrogens with zero attached hydrogens (tertiary/aromatic N) is 2. The summed E-state index contributed by atoms with van der Waals surface area (Å²) in [6.45, 7) is 3.87. The number of rotatable bonds is 5. The molecular weight excluding hydrogens is 306 g/mol. The third-order valence-electron chi connectivity index (χ3n) is 4.09. The third-order valence-corrected chi connectivity index (χ3v) is 4.09. The summed E-state index contributed by atoms with van der Waals surface area (Å²) in [5.74, 6) is 0.727. The summed E-state index contributed by atoms with van der Waals surface area (Å²) in [4.78, 5) is 30.1. The number of ether oxygens (including phenoxy) is 1. The first-order valence-corrected chi connectivity index (χ1v) is 8.06. The zero-order valence-corrected chi connectivity index (χ0v) is 13.5. The molecule has 0 saturated carbocycles. The number of carbonyl (C=O) groups excluding carboxylic acids is 1. The number of H-pyrrole nitrogens is 1. The van der Waals surface area contributed by atoms with Crippen LogP contribution in [0.4, 0.5) is 0 Å². The van der Waals surface area contributed by atoms with E-state index >= 15 is 0 Å². The molecule has 2 aromatic rings. The van der Waals surface area contributed by atoms with Crippen molar-refractivity contribution in [1.29, 1.82) is 0 Å². The molecule has 2 heterocycles. The zero-order chi connectivity index (χ0) is 16.8. The largest absolute Gasteiger partial charge is 0.484 e. The summed E-state index contributed by atoms with van der Waals surface area (Å²) >= 11 is 0. The van der Waals surface area contributed by atoms with Gasteiger partial charge in [-0.05, 0) is 17.7 Å². The van der Waals surface area contributed by atoms with Crippen LogP contribution in [0.3, 0.4) is 0 Å². The van der Waals surface area contributed by atoms with Crippen LogP contribution in [0.2, 0.25) is 0 Å². The molecule has 0 aliphatic carbocycles. The fourth-order valence-corrected chi connectivity index (χ4v) is 2.71. The molecule has 126 valence electrons. The molecule has 0 radical (unpaired) electrons. The summed E-state index contributed by atoms with van der Waals surface area (Å²) in [5.41, 5.74) is 0.981. The molecule has 1 aliphatic heterocycles. The molecule has 0 unspecified atom stereocenters. The number of carbonyl (C=O) groups is 1. The monoisotopic (exact) mass is 327 g/mol. The molecule has 6 heteroatoms. The average molecular weight is 327 g/mol. The Morgan fingerprint density at radius 2 is 1.79 bits per heavy atom. The minimum Gasteiger partial charge on any atom is -0.484 e. The number of pyridine rings is 1. The van der Waals surface area contributed by atoms with Crippen LogP contribution in [0.5, 0.6) is 5.75 Å². The summed E-state index contributed by atoms with van der Waals surface area (Å²) in [6.07, 6.45) is 1.74. The van der Waals surface area contributed by atoms with Gasteiger partial charge in [-0.2, -0.15) is 0 Å². The number of hydrogen-bond donors (Lipinski definition) is 1. The van der Waals surface area contributed by atoms with E-state index in [2.05, 4.69) is 9.88 Å². The standard InChI is InChI=1S/C18H21N3O3/c22-17-7-6-15(12-19-17)13-20-8-10-21(11-9-20)18(23)14-24-16-4-2-1-3-5-16/h1-7,12H,8-11,13-14H2,(H,19,22). The van der Waals surface area contributed by atoms with Crippen molar-refractivity contribution in [2.45, 2.75) is 6.54 Å². The maximum atomic E-state index is 12.2. The Bertz CT molecular complexity index is 701. The number of piperazine rings is 1. The van der Waals surface area contributed by atoms with Gasteiger partial charge in [-0.3, -0.25) is 14.5 Å². The normalized spacial score (nSPS) is 15.2. The van der Waals surface area contributed by atoms with Gasteiger partial charge in [0.1, 0.15) is 5.75 Å². The zero-order valence-electron chi connectivity index (χ0n) is 13.5. The number of para-hydroxylation sites is 1. The second-order valence-corrected chi connectivity index (χ2v) is 5.82. The summed E-state index contributed by atoms with van der Waals surface area (Å²) < 4.78 is 5.52. The number of nitrogens with one attached hydrogen (secondary N) is 1. The van der Waals surface area contributed by atoms with Crippen LogP contribution < -0.4 is 10.3 Å². The molecule has 1 aromatic heterocycles. The van der Waals surface area contributed by atoms with Gasteiger partial charge in [0.25, 0.3) is 5.91 Å². The lowest BCUT2D eigenvalue weighted by Gasteiger charge is -2.34. The molecule has 0 spiro atoms. The van der Waals surface area contributed by atoms with E-state index in [0.717, 1.165) is 25.2 Å². The highest BCUT2D eigenvalue weighted by atomic mass is 16.5. The molecule has 1 aliphatic rings. The van der Waals surface area contributed by atoms with Crippen molar-refractivity contribution in [3.8, 4) is 5.75 Å². The Morgan fingerprint density at radius 3 is 2.46 bits per heavy atom. The van der Waals surface area contributed by atoms with Crippen LogP contribution in [-0.2, 0) is 11.3 Å². The van der Waals surface area contributed by atoms with Crippen molar-refractivity contribution in [3.05, 3.63) is 64.6 Å². The van der Waals surface area contributed by atoms with E-state index in [4.69, 9.17) is 4.74 Å². The first kappa shape index (κ1) is 16.3. The second-order valence-electron chi connectivity index (χ2n) is 5.82. The smallest absolute Gasteiger partial charge is 0.260 e. The number of aromatic nitrogens is 1. The van der Waals surface area contributed by atoms with E-state index in [-0.39, 0.29) is 18.1 Å². The highest BCUT2D eigenvalue weighted by Crippen LogP contribution is 2.10. The van der Waals surface area contributed by atoms with Crippen LogP contribution in [0.15, 0.2) is 53.5 Å². The first-order chi connectivity index (χ1) is 11.7. The summed E-state index contributed by atoms with van der Waals surface area (Å²) in [5, 5.41) is 0. The van der Waals surface area contributed by atoms with Crippen molar-refractivity contribution < 1.29 is 9.53 Å². The SMILES string of the molecule is O=C(COc1ccccc1)N1CCN(Cc2ccc(=O)[nH]c2)CC1. The molecule has 1 N–H and O–H groups in total. The molecule has 24 heavy (non-hydrogen) atoms. The third kappa shape index (κ3) is 4.45. The number of hydrogen-bond acceptors (Lipinski definition) is 4. The maximum absolute atomic E-state index is 12.2. The van der Waals surface area contributed by atoms with Gasteiger partial charge in [-0.15, -0.1) is 0 Å². The van der Waals surface area contributed by atoms with Gasteiger partial charge in [-0.1, -0.05) is 24.3 Å². The van der Waals surface area contributed by atoms with Gasteiger partial charge >= 0.3 is 0 Å². The molecule has 3 rings (SSSR count). The molecule has 0 atom stereocenters. The molecule has 6 nitrogen and oxygen atoms in total. The van der Waals surface area contributed by atoms with Crippen LogP contribution >= 0.6 is 0 Å². The van der Waals surface area contributed by atoms with Crippen molar-refractivity contribution in [1.82, 2.24) is 14.8 Å². The number of amides is 1. The van der Waals surface area contributed by atoms with Crippen molar-refractivity contribution in [3.63, 3.8) is 0 Å². The summed E-state index contributed by atoms with van der Waals surface area (Å²) in [7, 11) is 0. The molecule has 1 amide bonds. The molecular formula is C18H21N3O3. The Labute approximate surface area is 140 Å². The molecule has 0 bridgehead atoms. The Hall–Kier alpha value is -2.60. The highest BCUT2D eigenvalue weighted by molar-refractivity contribution is 5.77. The van der Waals surface area contributed by atoms with Crippen molar-refractivity contribution in [2.75, 3.05) is 32.8 Å². The predicted octanol–water partition coefficient (Wildman–Crippen LogP) is 1.10. The van der Waals surface area contributed by atoms with Crippen molar-refractivity contribution in [2.24, 2.45) is 0 Å². The summed E-state index contributed by atoms with van der Waals surface area (Å²) in [6, 6.07) is 12.7. The lowest BCUT2D eigenvalue weighted by Crippen LogP contribution is -2.49. The topological polar surface area (TPSA) is 65.6 Å². The van der Waals surface area contributed by atoms with E-state index < -0.39 is 0 Å². The van der Waals surface area contributed by atoms with E-state index in [1.54, 1.807) is 6.20 Å². The Kier molecular flexibility index (Phi) is 5.28. The Morgan fingerprint density at radius 1 is 1.04 bits per heavy atom. The first-order valence-electron chi connectivity index (χ1n) is 8.06. The van der Waals surface area contributed by atoms with E-state index in [9.17, 15) is 9.59 Å². The quantitative estimate of drug-likeness (QED) is 0.893. The van der Waals surface area contributed by atoms with Crippen molar-refractivity contribution >= 4 is 5.91 Å². The van der Waals surface area contributed by atoms with Gasteiger partial charge in [-0.25, -0.2) is 0 Å². The number of benzene rings is 1. The maximum Gasteiger partial charge on any atom is 0.260 e. The Balaban J connectivity index is 1.43. The van der Waals surface area contributed by atoms with Crippen LogP contribution in [-0.4, -0.2) is 53.5 Å². The lowest BCUT2D eigenvalue weighted by atomic mass is 10.2. The second kappa shape index (κ2) is 7.79. The van der Waals surface area contributed by atoms with Gasteiger partial charge in [0, 0.05) is 45.0 Å². The minimum absolute atomic E-state index is 0.0162. The molecule has 1 fully saturated rings. The van der Waals surface area contributed by atoms with Crippen LogP contribution in [0.25, 0.3) is 0 Å². The van der Waals surface area contributed by atoms with Crippen LogP contribution in [0.1, 0.15) is 5.56 Å². The number of aromatic amines is 1. The van der Waals surface area contributed by atoms with Gasteiger partial charge in [0.15, 0.2) is 6.61 Å². The molecule has 1 aromatic carbocycles. The van der Waals surface area contributed by atoms with E-state index in [1.165, 1.54) is 6.07 Å². The molecule has 1 saturated heterocycles. The predicted molar refractivity (Wildman–Crippen MR) is 90.9 cm³/mol. The highest BCUT2D eigenvalue weighted by Gasteiger charge is 2.21. The van der Waals surface area contributed by atoms with E-state index in [0.29, 0.717) is 18.8 Å². The lowest BCUT2D eigenvalue weighted by molar-refractivity contribution is -0.135. The fraction of sp³-hybridized carbons (Fsp3) is 0.333. The van der Waals surface area contributed by atoms with E-state index in [1.807, 2.05) is 41.3 Å². The van der Waals surface area contributed by atoms with Gasteiger partial charge in [0.05, 0.1) is 0 Å². The van der Waals surface area contributed by atoms with Gasteiger partial charge < -0.3 is 14.6 Å². The van der Waals surface area contributed by atoms with Crippen LogP contribution in [0, 0.1) is 0 Å². The minimum atomic E-state index is -0.0902. The van der Waals surface area contributed by atoms with Gasteiger partial charge in [0.2, 0.25) is 5.56 Å². The average Bonchev–Trinajstić information content (AvgIpc) is 2.63.